The highest BCUT2D eigenvalue weighted by atomic mass is 32.2. The van der Waals surface area contributed by atoms with Crippen LogP contribution in [0.2, 0.25) is 0 Å². The van der Waals surface area contributed by atoms with Gasteiger partial charge < -0.3 is 5.32 Å². The molecule has 0 saturated heterocycles. The first-order valence-corrected chi connectivity index (χ1v) is 11.6. The summed E-state index contributed by atoms with van der Waals surface area (Å²) in [4.78, 5) is 13.0. The van der Waals surface area contributed by atoms with Gasteiger partial charge in [-0.25, -0.2) is 8.42 Å². The molecule has 4 unspecified atom stereocenters. The number of nitrogens with zero attached hydrogens (tertiary/aromatic N) is 1. The number of hydrogen-bond donors (Lipinski definition) is 1. The Hall–Kier alpha value is -1.40. The molecule has 0 spiro atoms. The predicted octanol–water partition coefficient (Wildman–Crippen LogP) is 3.58. The van der Waals surface area contributed by atoms with Crippen LogP contribution in [0.4, 0.5) is 0 Å². The van der Waals surface area contributed by atoms with Crippen molar-refractivity contribution in [2.24, 2.45) is 17.8 Å². The summed E-state index contributed by atoms with van der Waals surface area (Å²) in [6.45, 7) is 8.33. The van der Waals surface area contributed by atoms with Crippen molar-refractivity contribution in [3.63, 3.8) is 0 Å². The Balaban J connectivity index is 1.78. The van der Waals surface area contributed by atoms with Crippen LogP contribution >= 0.6 is 0 Å². The van der Waals surface area contributed by atoms with Crippen molar-refractivity contribution in [3.8, 4) is 0 Å². The van der Waals surface area contributed by atoms with Gasteiger partial charge in [-0.05, 0) is 68.6 Å². The lowest BCUT2D eigenvalue weighted by Gasteiger charge is -2.28. The molecule has 150 valence electrons. The van der Waals surface area contributed by atoms with Gasteiger partial charge in [-0.3, -0.25) is 4.79 Å². The van der Waals surface area contributed by atoms with Crippen molar-refractivity contribution in [2.75, 3.05) is 13.1 Å². The van der Waals surface area contributed by atoms with Crippen molar-refractivity contribution >= 4 is 15.9 Å². The molecule has 6 heteroatoms. The van der Waals surface area contributed by atoms with Crippen LogP contribution in [-0.2, 0) is 10.0 Å². The van der Waals surface area contributed by atoms with Gasteiger partial charge in [-0.15, -0.1) is 0 Å². The average Bonchev–Trinajstić information content (AvgIpc) is 3.26. The zero-order valence-corrected chi connectivity index (χ0v) is 17.7. The molecule has 0 heterocycles. The van der Waals surface area contributed by atoms with Gasteiger partial charge in [0.05, 0.1) is 4.90 Å². The summed E-state index contributed by atoms with van der Waals surface area (Å²) in [6.07, 6.45) is 5.14. The summed E-state index contributed by atoms with van der Waals surface area (Å²) in [7, 11) is -3.59. The molecular weight excluding hydrogens is 360 g/mol. The first-order chi connectivity index (χ1) is 12.8. The largest absolute Gasteiger partial charge is 0.349 e. The molecule has 1 aromatic rings. The third kappa shape index (κ3) is 3.92. The average molecular weight is 393 g/mol. The van der Waals surface area contributed by atoms with E-state index < -0.39 is 10.0 Å². The van der Waals surface area contributed by atoms with Crippen LogP contribution in [0.3, 0.4) is 0 Å². The van der Waals surface area contributed by atoms with Crippen molar-refractivity contribution in [3.05, 3.63) is 29.3 Å². The molecule has 2 fully saturated rings. The number of rotatable bonds is 7. The number of sulfonamides is 1. The summed E-state index contributed by atoms with van der Waals surface area (Å²) >= 11 is 0. The van der Waals surface area contributed by atoms with Gasteiger partial charge in [-0.1, -0.05) is 26.3 Å². The second-order valence-electron chi connectivity index (χ2n) is 8.17. The fourth-order valence-corrected chi connectivity index (χ4v) is 6.73. The van der Waals surface area contributed by atoms with Gasteiger partial charge in [0.25, 0.3) is 5.91 Å². The van der Waals surface area contributed by atoms with Gasteiger partial charge >= 0.3 is 0 Å². The first kappa shape index (κ1) is 20.3. The van der Waals surface area contributed by atoms with Gasteiger partial charge in [-0.2, -0.15) is 4.31 Å². The molecule has 2 aliphatic carbocycles. The van der Waals surface area contributed by atoms with Crippen LogP contribution < -0.4 is 5.32 Å². The van der Waals surface area contributed by atoms with Crippen molar-refractivity contribution in [2.45, 2.75) is 64.3 Å². The lowest BCUT2D eigenvalue weighted by molar-refractivity contribution is 0.0915. The number of hydrogen-bond acceptors (Lipinski definition) is 3. The maximum Gasteiger partial charge on any atom is 0.251 e. The fraction of sp³-hybridized carbons (Fsp3) is 0.667. The standard InChI is InChI=1S/C21H32N2O3S/c1-5-23(6-2)27(25,26)20-13-18(9-7-14(20)3)21(24)22-15(4)19-12-16-8-10-17(19)11-16/h7,9,13,15-17,19H,5-6,8,10-12H2,1-4H3,(H,22,24). The van der Waals surface area contributed by atoms with E-state index in [-0.39, 0.29) is 16.8 Å². The topological polar surface area (TPSA) is 66.5 Å². The lowest BCUT2D eigenvalue weighted by atomic mass is 9.84. The number of carbonyl (C=O) groups is 1. The van der Waals surface area contributed by atoms with Gasteiger partial charge in [0.15, 0.2) is 0 Å². The summed E-state index contributed by atoms with van der Waals surface area (Å²) < 4.78 is 27.2. The lowest BCUT2D eigenvalue weighted by Crippen LogP contribution is -2.40. The first-order valence-electron chi connectivity index (χ1n) is 10.2. The van der Waals surface area contributed by atoms with Gasteiger partial charge in [0, 0.05) is 24.7 Å². The molecule has 2 aliphatic rings. The quantitative estimate of drug-likeness (QED) is 0.771. The predicted molar refractivity (Wildman–Crippen MR) is 107 cm³/mol. The Kier molecular flexibility index (Phi) is 5.96. The van der Waals surface area contributed by atoms with Crippen molar-refractivity contribution < 1.29 is 13.2 Å². The number of amides is 1. The van der Waals surface area contributed by atoms with Crippen LogP contribution in [0.25, 0.3) is 0 Å². The van der Waals surface area contributed by atoms with E-state index >= 15 is 0 Å². The molecule has 2 bridgehead atoms. The van der Waals surface area contributed by atoms with Crippen LogP contribution in [0.15, 0.2) is 23.1 Å². The minimum absolute atomic E-state index is 0.122. The molecule has 2 saturated carbocycles. The Morgan fingerprint density at radius 3 is 2.48 bits per heavy atom. The molecule has 3 rings (SSSR count). The Bertz CT molecular complexity index is 802. The second-order valence-corrected chi connectivity index (χ2v) is 10.1. The third-order valence-corrected chi connectivity index (χ3v) is 8.76. The molecule has 0 radical (unpaired) electrons. The summed E-state index contributed by atoms with van der Waals surface area (Å²) in [5, 5.41) is 3.13. The van der Waals surface area contributed by atoms with E-state index in [1.165, 1.54) is 36.1 Å². The number of nitrogens with one attached hydrogen (secondary N) is 1. The van der Waals surface area contributed by atoms with E-state index in [0.717, 1.165) is 11.8 Å². The van der Waals surface area contributed by atoms with Crippen molar-refractivity contribution in [1.29, 1.82) is 0 Å². The maximum absolute atomic E-state index is 12.9. The van der Waals surface area contributed by atoms with E-state index in [0.29, 0.717) is 30.1 Å². The number of carbonyl (C=O) groups excluding carboxylic acids is 1. The monoisotopic (exact) mass is 392 g/mol. The highest BCUT2D eigenvalue weighted by molar-refractivity contribution is 7.89. The van der Waals surface area contributed by atoms with Crippen LogP contribution in [0.1, 0.15) is 62.4 Å². The van der Waals surface area contributed by atoms with E-state index in [1.807, 2.05) is 13.8 Å². The van der Waals surface area contributed by atoms with Gasteiger partial charge in [0.1, 0.15) is 0 Å². The Morgan fingerprint density at radius 1 is 1.22 bits per heavy atom. The minimum Gasteiger partial charge on any atom is -0.349 e. The second kappa shape index (κ2) is 7.92. The van der Waals surface area contributed by atoms with Crippen LogP contribution in [-0.4, -0.2) is 37.8 Å². The molecule has 5 nitrogen and oxygen atoms in total. The normalized spacial score (nSPS) is 25.7. The smallest absolute Gasteiger partial charge is 0.251 e. The van der Waals surface area contributed by atoms with E-state index in [9.17, 15) is 13.2 Å². The fourth-order valence-electron chi connectivity index (χ4n) is 5.03. The zero-order chi connectivity index (χ0) is 19.8. The molecule has 1 aromatic carbocycles. The molecule has 1 N–H and O–H groups in total. The Morgan fingerprint density at radius 2 is 1.93 bits per heavy atom. The molecule has 0 aromatic heterocycles. The highest BCUT2D eigenvalue weighted by Crippen LogP contribution is 2.49. The van der Waals surface area contributed by atoms with E-state index in [2.05, 4.69) is 12.2 Å². The highest BCUT2D eigenvalue weighted by Gasteiger charge is 2.42. The number of fused-ring (bicyclic) bond motifs is 2. The van der Waals surface area contributed by atoms with Gasteiger partial charge in [0.2, 0.25) is 10.0 Å². The summed E-state index contributed by atoms with van der Waals surface area (Å²) in [5.41, 5.74) is 1.08. The van der Waals surface area contributed by atoms with Crippen LogP contribution in [0, 0.1) is 24.7 Å². The Labute approximate surface area is 163 Å². The zero-order valence-electron chi connectivity index (χ0n) is 16.9. The van der Waals surface area contributed by atoms with E-state index in [4.69, 9.17) is 0 Å². The van der Waals surface area contributed by atoms with Crippen LogP contribution in [0.5, 0.6) is 0 Å². The molecular formula is C21H32N2O3S. The minimum atomic E-state index is -3.59. The SMILES string of the molecule is CCN(CC)S(=O)(=O)c1cc(C(=O)NC(C)C2CC3CCC2C3)ccc1C. The maximum atomic E-state index is 12.9. The molecule has 27 heavy (non-hydrogen) atoms. The third-order valence-electron chi connectivity index (χ3n) is 6.57. The molecule has 4 atom stereocenters. The summed E-state index contributed by atoms with van der Waals surface area (Å²) in [5.74, 6) is 1.95. The number of aryl methyl sites for hydroxylation is 1. The summed E-state index contributed by atoms with van der Waals surface area (Å²) in [6, 6.07) is 5.11. The number of benzene rings is 1. The van der Waals surface area contributed by atoms with E-state index in [1.54, 1.807) is 19.1 Å². The molecule has 1 amide bonds. The van der Waals surface area contributed by atoms with Crippen molar-refractivity contribution in [1.82, 2.24) is 9.62 Å². The molecule has 0 aliphatic heterocycles.